The number of hydrogen-bond acceptors (Lipinski definition) is 3. The van der Waals surface area contributed by atoms with E-state index in [0.29, 0.717) is 24.1 Å². The first kappa shape index (κ1) is 9.66. The number of rotatable bonds is 2. The lowest BCUT2D eigenvalue weighted by atomic mass is 10.1. The number of para-hydroxylation sites is 2. The molecule has 4 heteroatoms. The fourth-order valence-corrected chi connectivity index (χ4v) is 2.23. The standard InChI is InChI=1S/C12H15N3O/c13-9-3-1-2-4-11(9)15-12(16)7-10(14-15)8-5-6-8/h1-4,8,10,14H,5-7,13H2. The molecule has 0 aromatic heterocycles. The number of anilines is 2. The van der Waals surface area contributed by atoms with E-state index >= 15 is 0 Å². The molecule has 0 radical (unpaired) electrons. The SMILES string of the molecule is Nc1ccccc1N1NC(C2CC2)CC1=O. The van der Waals surface area contributed by atoms with Crippen LogP contribution in [0.4, 0.5) is 11.4 Å². The van der Waals surface area contributed by atoms with Crippen molar-refractivity contribution in [1.29, 1.82) is 0 Å². The quantitative estimate of drug-likeness (QED) is 0.734. The summed E-state index contributed by atoms with van der Waals surface area (Å²) < 4.78 is 0. The maximum absolute atomic E-state index is 11.9. The summed E-state index contributed by atoms with van der Waals surface area (Å²) in [6.07, 6.45) is 3.07. The van der Waals surface area contributed by atoms with Gasteiger partial charge in [0, 0.05) is 12.5 Å². The molecule has 1 aromatic rings. The topological polar surface area (TPSA) is 58.4 Å². The van der Waals surface area contributed by atoms with Crippen LogP contribution in [0.5, 0.6) is 0 Å². The Morgan fingerprint density at radius 2 is 2.06 bits per heavy atom. The van der Waals surface area contributed by atoms with E-state index in [1.165, 1.54) is 12.8 Å². The van der Waals surface area contributed by atoms with E-state index in [1.54, 1.807) is 5.01 Å². The third kappa shape index (κ3) is 1.55. The molecule has 2 fully saturated rings. The van der Waals surface area contributed by atoms with Gasteiger partial charge in [0.2, 0.25) is 5.91 Å². The van der Waals surface area contributed by atoms with Crippen molar-refractivity contribution in [3.05, 3.63) is 24.3 Å². The van der Waals surface area contributed by atoms with Gasteiger partial charge in [0.15, 0.2) is 0 Å². The predicted octanol–water partition coefficient (Wildman–Crippen LogP) is 1.29. The van der Waals surface area contributed by atoms with Gasteiger partial charge in [-0.2, -0.15) is 0 Å². The number of carbonyl (C=O) groups excluding carboxylic acids is 1. The van der Waals surface area contributed by atoms with E-state index in [-0.39, 0.29) is 5.91 Å². The molecular weight excluding hydrogens is 202 g/mol. The number of nitrogen functional groups attached to an aromatic ring is 1. The van der Waals surface area contributed by atoms with Crippen LogP contribution in [0.3, 0.4) is 0 Å². The van der Waals surface area contributed by atoms with E-state index in [4.69, 9.17) is 5.73 Å². The van der Waals surface area contributed by atoms with Gasteiger partial charge in [0.25, 0.3) is 0 Å². The number of hydrogen-bond donors (Lipinski definition) is 2. The number of nitrogens with zero attached hydrogens (tertiary/aromatic N) is 1. The van der Waals surface area contributed by atoms with Gasteiger partial charge in [-0.1, -0.05) is 12.1 Å². The molecule has 1 aliphatic carbocycles. The predicted molar refractivity (Wildman–Crippen MR) is 62.6 cm³/mol. The Bertz CT molecular complexity index is 428. The summed E-state index contributed by atoms with van der Waals surface area (Å²) in [6, 6.07) is 7.76. The molecule has 1 unspecified atom stereocenters. The number of amides is 1. The summed E-state index contributed by atoms with van der Waals surface area (Å²) in [5.41, 5.74) is 10.5. The highest BCUT2D eigenvalue weighted by Crippen LogP contribution is 2.37. The fourth-order valence-electron chi connectivity index (χ4n) is 2.23. The first-order valence-electron chi connectivity index (χ1n) is 5.69. The minimum atomic E-state index is 0.120. The van der Waals surface area contributed by atoms with Crippen molar-refractivity contribution in [3.63, 3.8) is 0 Å². The van der Waals surface area contributed by atoms with Crippen LogP contribution in [0.15, 0.2) is 24.3 Å². The second-order valence-corrected chi connectivity index (χ2v) is 4.57. The lowest BCUT2D eigenvalue weighted by Crippen LogP contribution is -2.38. The first-order chi connectivity index (χ1) is 7.75. The molecule has 3 rings (SSSR count). The average molecular weight is 217 g/mol. The Labute approximate surface area is 94.4 Å². The third-order valence-electron chi connectivity index (χ3n) is 3.31. The molecule has 1 atom stereocenters. The van der Waals surface area contributed by atoms with Crippen LogP contribution in [0, 0.1) is 5.92 Å². The molecular formula is C12H15N3O. The van der Waals surface area contributed by atoms with Crippen LogP contribution in [0.25, 0.3) is 0 Å². The number of hydrazine groups is 1. The Balaban J connectivity index is 1.85. The van der Waals surface area contributed by atoms with Gasteiger partial charge in [0.1, 0.15) is 0 Å². The second-order valence-electron chi connectivity index (χ2n) is 4.57. The first-order valence-corrected chi connectivity index (χ1v) is 5.69. The molecule has 1 aliphatic heterocycles. The van der Waals surface area contributed by atoms with Gasteiger partial charge in [-0.3, -0.25) is 4.79 Å². The molecule has 3 N–H and O–H groups in total. The van der Waals surface area contributed by atoms with Crippen LogP contribution in [-0.4, -0.2) is 11.9 Å². The van der Waals surface area contributed by atoms with Crippen molar-refractivity contribution in [1.82, 2.24) is 5.43 Å². The minimum Gasteiger partial charge on any atom is -0.397 e. The smallest absolute Gasteiger partial charge is 0.243 e. The van der Waals surface area contributed by atoms with Crippen LogP contribution in [0.2, 0.25) is 0 Å². The lowest BCUT2D eigenvalue weighted by molar-refractivity contribution is -0.117. The van der Waals surface area contributed by atoms with Crippen molar-refractivity contribution in [2.24, 2.45) is 5.92 Å². The average Bonchev–Trinajstić information content (AvgIpc) is 3.04. The highest BCUT2D eigenvalue weighted by atomic mass is 16.2. The number of nitrogens with one attached hydrogen (secondary N) is 1. The Hall–Kier alpha value is -1.55. The molecule has 1 heterocycles. The monoisotopic (exact) mass is 217 g/mol. The van der Waals surface area contributed by atoms with E-state index in [1.807, 2.05) is 24.3 Å². The van der Waals surface area contributed by atoms with Gasteiger partial charge in [-0.05, 0) is 30.9 Å². The lowest BCUT2D eigenvalue weighted by Gasteiger charge is -2.19. The molecule has 16 heavy (non-hydrogen) atoms. The van der Waals surface area contributed by atoms with Gasteiger partial charge >= 0.3 is 0 Å². The molecule has 1 saturated heterocycles. The molecule has 4 nitrogen and oxygen atoms in total. The molecule has 2 aliphatic rings. The third-order valence-corrected chi connectivity index (χ3v) is 3.31. The van der Waals surface area contributed by atoms with Crippen LogP contribution >= 0.6 is 0 Å². The molecule has 1 saturated carbocycles. The number of nitrogens with two attached hydrogens (primary N) is 1. The van der Waals surface area contributed by atoms with Crippen molar-refractivity contribution in [2.45, 2.75) is 25.3 Å². The molecule has 1 aromatic carbocycles. The normalized spacial score (nSPS) is 25.1. The number of carbonyl (C=O) groups is 1. The number of benzene rings is 1. The van der Waals surface area contributed by atoms with Crippen molar-refractivity contribution in [2.75, 3.05) is 10.7 Å². The largest absolute Gasteiger partial charge is 0.397 e. The van der Waals surface area contributed by atoms with Crippen LogP contribution in [0.1, 0.15) is 19.3 Å². The Morgan fingerprint density at radius 1 is 1.31 bits per heavy atom. The van der Waals surface area contributed by atoms with E-state index < -0.39 is 0 Å². The van der Waals surface area contributed by atoms with Crippen LogP contribution in [-0.2, 0) is 4.79 Å². The summed E-state index contributed by atoms with van der Waals surface area (Å²) in [5, 5.41) is 1.61. The summed E-state index contributed by atoms with van der Waals surface area (Å²) in [4.78, 5) is 11.9. The summed E-state index contributed by atoms with van der Waals surface area (Å²) in [6.45, 7) is 0. The van der Waals surface area contributed by atoms with Gasteiger partial charge in [-0.15, -0.1) is 0 Å². The van der Waals surface area contributed by atoms with Crippen molar-refractivity contribution < 1.29 is 4.79 Å². The molecule has 0 bridgehead atoms. The zero-order valence-corrected chi connectivity index (χ0v) is 9.02. The second kappa shape index (κ2) is 3.49. The van der Waals surface area contributed by atoms with E-state index in [2.05, 4.69) is 5.43 Å². The zero-order valence-electron chi connectivity index (χ0n) is 9.02. The fraction of sp³-hybridized carbons (Fsp3) is 0.417. The highest BCUT2D eigenvalue weighted by Gasteiger charge is 2.40. The highest BCUT2D eigenvalue weighted by molar-refractivity contribution is 5.97. The van der Waals surface area contributed by atoms with E-state index in [0.717, 1.165) is 5.69 Å². The van der Waals surface area contributed by atoms with E-state index in [9.17, 15) is 4.79 Å². The van der Waals surface area contributed by atoms with Gasteiger partial charge in [-0.25, -0.2) is 10.4 Å². The minimum absolute atomic E-state index is 0.120. The molecule has 0 spiro atoms. The molecule has 1 amide bonds. The maximum Gasteiger partial charge on any atom is 0.243 e. The summed E-state index contributed by atoms with van der Waals surface area (Å²) in [5.74, 6) is 0.800. The molecule has 84 valence electrons. The zero-order chi connectivity index (χ0) is 11.1. The maximum atomic E-state index is 11.9. The van der Waals surface area contributed by atoms with Gasteiger partial charge < -0.3 is 5.73 Å². The van der Waals surface area contributed by atoms with Gasteiger partial charge in [0.05, 0.1) is 11.4 Å². The summed E-state index contributed by atoms with van der Waals surface area (Å²) in [7, 11) is 0. The van der Waals surface area contributed by atoms with Crippen LogP contribution < -0.4 is 16.2 Å². The Kier molecular flexibility index (Phi) is 2.11. The van der Waals surface area contributed by atoms with Crippen molar-refractivity contribution in [3.8, 4) is 0 Å². The van der Waals surface area contributed by atoms with Crippen molar-refractivity contribution >= 4 is 17.3 Å². The Morgan fingerprint density at radius 3 is 2.75 bits per heavy atom. The summed E-state index contributed by atoms with van der Waals surface area (Å²) >= 11 is 0.